The van der Waals surface area contributed by atoms with E-state index in [1.54, 1.807) is 7.11 Å². The molecule has 1 aromatic carbocycles. The molecule has 7 nitrogen and oxygen atoms in total. The number of thiophene rings is 1. The Bertz CT molecular complexity index is 1190. The second-order valence-electron chi connectivity index (χ2n) is 9.43. The lowest BCUT2D eigenvalue weighted by Gasteiger charge is -2.35. The van der Waals surface area contributed by atoms with E-state index in [-0.39, 0.29) is 5.56 Å². The van der Waals surface area contributed by atoms with Gasteiger partial charge in [0.05, 0.1) is 19.2 Å². The van der Waals surface area contributed by atoms with Crippen LogP contribution in [0.25, 0.3) is 20.7 Å². The van der Waals surface area contributed by atoms with Crippen molar-refractivity contribution in [3.05, 3.63) is 46.5 Å². The van der Waals surface area contributed by atoms with Crippen LogP contribution >= 0.6 is 11.3 Å². The average molecular weight is 481 g/mol. The normalized spacial score (nSPS) is 17.9. The number of carbonyl (C=O) groups excluding carboxylic acids is 1. The molecule has 2 aliphatic rings. The fourth-order valence-corrected chi connectivity index (χ4v) is 6.09. The number of piperazine rings is 1. The molecule has 180 valence electrons. The van der Waals surface area contributed by atoms with Crippen LogP contribution in [0.15, 0.2) is 35.1 Å². The Morgan fingerprint density at radius 2 is 1.85 bits per heavy atom. The summed E-state index contributed by atoms with van der Waals surface area (Å²) in [6.07, 6.45) is 6.98. The van der Waals surface area contributed by atoms with E-state index in [1.165, 1.54) is 43.4 Å². The molecule has 2 fully saturated rings. The summed E-state index contributed by atoms with van der Waals surface area (Å²) < 4.78 is 5.88. The summed E-state index contributed by atoms with van der Waals surface area (Å²) in [5.41, 5.74) is 1.68. The highest BCUT2D eigenvalue weighted by Crippen LogP contribution is 2.32. The van der Waals surface area contributed by atoms with Gasteiger partial charge in [0.15, 0.2) is 0 Å². The Kier molecular flexibility index (Phi) is 6.97. The van der Waals surface area contributed by atoms with Crippen molar-refractivity contribution in [3.8, 4) is 16.2 Å². The highest BCUT2D eigenvalue weighted by atomic mass is 32.1. The van der Waals surface area contributed by atoms with Crippen molar-refractivity contribution in [2.24, 2.45) is 5.92 Å². The van der Waals surface area contributed by atoms with E-state index < -0.39 is 0 Å². The van der Waals surface area contributed by atoms with E-state index >= 15 is 0 Å². The van der Waals surface area contributed by atoms with Crippen molar-refractivity contribution in [1.82, 2.24) is 19.8 Å². The number of rotatable bonds is 6. The van der Waals surface area contributed by atoms with Gasteiger partial charge in [-0.15, -0.1) is 11.3 Å². The summed E-state index contributed by atoms with van der Waals surface area (Å²) in [5.74, 6) is 2.37. The van der Waals surface area contributed by atoms with E-state index in [9.17, 15) is 9.59 Å². The van der Waals surface area contributed by atoms with Crippen LogP contribution in [0, 0.1) is 5.92 Å². The topological polar surface area (TPSA) is 78.5 Å². The number of aromatic amines is 1. The van der Waals surface area contributed by atoms with Crippen LogP contribution in [0.5, 0.6) is 5.75 Å². The number of nitrogens with zero attached hydrogens (tertiary/aromatic N) is 3. The molecule has 1 N–H and O–H groups in total. The summed E-state index contributed by atoms with van der Waals surface area (Å²) in [6, 6.07) is 9.81. The quantitative estimate of drug-likeness (QED) is 0.570. The predicted octanol–water partition coefficient (Wildman–Crippen LogP) is 4.27. The van der Waals surface area contributed by atoms with Gasteiger partial charge in [0.1, 0.15) is 16.3 Å². The minimum absolute atomic E-state index is 0.0916. The number of benzene rings is 1. The maximum Gasteiger partial charge on any atom is 0.268 e. The highest BCUT2D eigenvalue weighted by molar-refractivity contribution is 7.22. The van der Waals surface area contributed by atoms with Gasteiger partial charge < -0.3 is 14.6 Å². The van der Waals surface area contributed by atoms with Crippen molar-refractivity contribution >= 4 is 27.5 Å². The first-order valence-electron chi connectivity index (χ1n) is 12.3. The third-order valence-electron chi connectivity index (χ3n) is 7.09. The second-order valence-corrected chi connectivity index (χ2v) is 10.5. The van der Waals surface area contributed by atoms with Crippen molar-refractivity contribution < 1.29 is 9.53 Å². The third kappa shape index (κ3) is 5.18. The van der Waals surface area contributed by atoms with Gasteiger partial charge in [-0.2, -0.15) is 0 Å². The molecule has 5 rings (SSSR count). The maximum atomic E-state index is 12.7. The summed E-state index contributed by atoms with van der Waals surface area (Å²) in [6.45, 7) is 3.69. The lowest BCUT2D eigenvalue weighted by Crippen LogP contribution is -2.48. The molecule has 1 aliphatic heterocycles. The number of methoxy groups -OCH3 is 1. The lowest BCUT2D eigenvalue weighted by atomic mass is 9.86. The number of nitrogens with one attached hydrogen (secondary N) is 1. The molecule has 3 heterocycles. The largest absolute Gasteiger partial charge is 0.497 e. The second kappa shape index (κ2) is 10.3. The molecule has 1 aliphatic carbocycles. The number of H-pyrrole nitrogens is 1. The summed E-state index contributed by atoms with van der Waals surface area (Å²) >= 11 is 1.46. The van der Waals surface area contributed by atoms with Crippen molar-refractivity contribution in [1.29, 1.82) is 0 Å². The predicted molar refractivity (Wildman–Crippen MR) is 135 cm³/mol. The van der Waals surface area contributed by atoms with Gasteiger partial charge in [-0.1, -0.05) is 19.3 Å². The Balaban J connectivity index is 1.21. The molecule has 1 saturated carbocycles. The molecule has 1 amide bonds. The van der Waals surface area contributed by atoms with Crippen LogP contribution in [0.1, 0.15) is 44.3 Å². The molecule has 3 aromatic rings. The molecule has 8 heteroatoms. The van der Waals surface area contributed by atoms with Gasteiger partial charge in [-0.3, -0.25) is 14.5 Å². The molecular weight excluding hydrogens is 448 g/mol. The monoisotopic (exact) mass is 480 g/mol. The number of fused-ring (bicyclic) bond motifs is 1. The lowest BCUT2D eigenvalue weighted by molar-refractivity contribution is -0.134. The van der Waals surface area contributed by atoms with E-state index in [4.69, 9.17) is 9.72 Å². The smallest absolute Gasteiger partial charge is 0.268 e. The number of amides is 1. The van der Waals surface area contributed by atoms with Crippen molar-refractivity contribution in [2.45, 2.75) is 45.1 Å². The van der Waals surface area contributed by atoms with Crippen LogP contribution in [-0.2, 0) is 11.3 Å². The van der Waals surface area contributed by atoms with Gasteiger partial charge in [0.25, 0.3) is 5.56 Å². The fraction of sp³-hybridized carbons (Fsp3) is 0.500. The molecule has 0 atom stereocenters. The molecule has 34 heavy (non-hydrogen) atoms. The number of hydrogen-bond donors (Lipinski definition) is 1. The highest BCUT2D eigenvalue weighted by Gasteiger charge is 2.25. The van der Waals surface area contributed by atoms with E-state index in [0.717, 1.165) is 47.9 Å². The van der Waals surface area contributed by atoms with Crippen LogP contribution in [0.4, 0.5) is 0 Å². The molecule has 2 aromatic heterocycles. The Morgan fingerprint density at radius 3 is 2.56 bits per heavy atom. The fourth-order valence-electron chi connectivity index (χ4n) is 5.10. The average Bonchev–Trinajstić information content (AvgIpc) is 3.30. The van der Waals surface area contributed by atoms with Gasteiger partial charge >= 0.3 is 0 Å². The standard InChI is InChI=1S/C26H32N4O3S/c1-33-20-9-7-19(8-10-20)22-16-21-25(34-22)26(32)28-23(27-21)17-29-11-13-30(14-12-29)24(31)15-18-5-3-2-4-6-18/h7-10,16,18H,2-6,11-15,17H2,1H3,(H,27,28,32). The van der Waals surface area contributed by atoms with Crippen molar-refractivity contribution in [3.63, 3.8) is 0 Å². The van der Waals surface area contributed by atoms with Crippen LogP contribution in [0.2, 0.25) is 0 Å². The van der Waals surface area contributed by atoms with Gasteiger partial charge in [-0.25, -0.2) is 4.98 Å². The number of hydrogen-bond acceptors (Lipinski definition) is 6. The SMILES string of the molecule is COc1ccc(-c2cc3nc(CN4CCN(C(=O)CC5CCCCC5)CC4)[nH]c(=O)c3s2)cc1. The maximum absolute atomic E-state index is 12.7. The number of aromatic nitrogens is 2. The van der Waals surface area contributed by atoms with Gasteiger partial charge in [0.2, 0.25) is 5.91 Å². The third-order valence-corrected chi connectivity index (χ3v) is 8.27. The molecular formula is C26H32N4O3S. The van der Waals surface area contributed by atoms with E-state index in [2.05, 4.69) is 9.88 Å². The van der Waals surface area contributed by atoms with Gasteiger partial charge in [0, 0.05) is 37.5 Å². The molecule has 0 radical (unpaired) electrons. The minimum Gasteiger partial charge on any atom is -0.497 e. The van der Waals surface area contributed by atoms with Crippen LogP contribution in [0.3, 0.4) is 0 Å². The van der Waals surface area contributed by atoms with Gasteiger partial charge in [-0.05, 0) is 54.7 Å². The number of carbonyl (C=O) groups is 1. The van der Waals surface area contributed by atoms with Crippen molar-refractivity contribution in [2.75, 3.05) is 33.3 Å². The van der Waals surface area contributed by atoms with Crippen LogP contribution in [-0.4, -0.2) is 59.0 Å². The summed E-state index contributed by atoms with van der Waals surface area (Å²) in [5, 5.41) is 0. The first-order valence-corrected chi connectivity index (χ1v) is 13.1. The Labute approximate surface area is 203 Å². The first kappa shape index (κ1) is 23.1. The Hall–Kier alpha value is -2.71. The van der Waals surface area contributed by atoms with E-state index in [0.29, 0.717) is 35.3 Å². The molecule has 0 unspecified atom stereocenters. The van der Waals surface area contributed by atoms with E-state index in [1.807, 2.05) is 35.2 Å². The number of ether oxygens (including phenoxy) is 1. The Morgan fingerprint density at radius 1 is 1.12 bits per heavy atom. The summed E-state index contributed by atoms with van der Waals surface area (Å²) in [7, 11) is 1.65. The zero-order chi connectivity index (χ0) is 23.5. The zero-order valence-electron chi connectivity index (χ0n) is 19.7. The first-order chi connectivity index (χ1) is 16.6. The molecule has 1 saturated heterocycles. The summed E-state index contributed by atoms with van der Waals surface area (Å²) in [4.78, 5) is 38.5. The zero-order valence-corrected chi connectivity index (χ0v) is 20.5. The minimum atomic E-state index is -0.0916. The molecule has 0 spiro atoms. The molecule has 0 bridgehead atoms. The van der Waals surface area contributed by atoms with Crippen LogP contribution < -0.4 is 10.3 Å².